The smallest absolute Gasteiger partial charge is 0.279 e. The number of anilines is 1. The highest BCUT2D eigenvalue weighted by Gasteiger charge is 2.25. The number of nitrogens with zero attached hydrogens (tertiary/aromatic N) is 8. The largest absolute Gasteiger partial charge is 0.338 e. The minimum absolute atomic E-state index is 0.00871. The summed E-state index contributed by atoms with van der Waals surface area (Å²) in [5, 5.41) is 9.74. The van der Waals surface area contributed by atoms with E-state index in [1.54, 1.807) is 23.1 Å². The van der Waals surface area contributed by atoms with Crippen molar-refractivity contribution in [1.82, 2.24) is 34.8 Å². The summed E-state index contributed by atoms with van der Waals surface area (Å²) in [6.07, 6.45) is 3.46. The van der Waals surface area contributed by atoms with Crippen molar-refractivity contribution >= 4 is 22.8 Å². The van der Waals surface area contributed by atoms with E-state index in [1.165, 1.54) is 0 Å². The van der Waals surface area contributed by atoms with Crippen LogP contribution in [0.2, 0.25) is 0 Å². The van der Waals surface area contributed by atoms with Crippen molar-refractivity contribution in [3.8, 4) is 23.0 Å². The first kappa shape index (κ1) is 21.9. The lowest BCUT2D eigenvalue weighted by molar-refractivity contribution is -0.132. The van der Waals surface area contributed by atoms with Gasteiger partial charge in [-0.2, -0.15) is 10.1 Å². The molecule has 6 rings (SSSR count). The molecule has 0 atom stereocenters. The highest BCUT2D eigenvalue weighted by molar-refractivity contribution is 5.92. The summed E-state index contributed by atoms with van der Waals surface area (Å²) in [7, 11) is 0. The molecule has 10 heteroatoms. The molecule has 180 valence electrons. The number of hydrogen-bond acceptors (Lipinski definition) is 8. The third-order valence-corrected chi connectivity index (χ3v) is 6.32. The zero-order valence-corrected chi connectivity index (χ0v) is 19.8. The predicted octanol–water partition coefficient (Wildman–Crippen LogP) is 3.20. The summed E-state index contributed by atoms with van der Waals surface area (Å²) < 4.78 is 7.31. The summed E-state index contributed by atoms with van der Waals surface area (Å²) in [6.45, 7) is 4.72. The van der Waals surface area contributed by atoms with Crippen LogP contribution in [0.1, 0.15) is 5.56 Å². The third-order valence-electron chi connectivity index (χ3n) is 6.32. The van der Waals surface area contributed by atoms with E-state index in [0.29, 0.717) is 49.5 Å². The zero-order valence-electron chi connectivity index (χ0n) is 19.8. The number of rotatable bonds is 5. The molecule has 0 radical (unpaired) electrons. The molecule has 0 aliphatic carbocycles. The maximum absolute atomic E-state index is 13.2. The maximum Gasteiger partial charge on any atom is 0.279 e. The molecule has 1 saturated heterocycles. The molecule has 0 saturated carbocycles. The van der Waals surface area contributed by atoms with Gasteiger partial charge in [0.2, 0.25) is 17.7 Å². The van der Waals surface area contributed by atoms with Gasteiger partial charge >= 0.3 is 0 Å². The van der Waals surface area contributed by atoms with Gasteiger partial charge in [-0.05, 0) is 25.1 Å². The molecule has 2 aromatic carbocycles. The van der Waals surface area contributed by atoms with E-state index in [9.17, 15) is 4.79 Å². The molecule has 5 aromatic rings. The summed E-state index contributed by atoms with van der Waals surface area (Å²) >= 11 is 0. The molecule has 1 fully saturated rings. The van der Waals surface area contributed by atoms with Crippen LogP contribution in [0.25, 0.3) is 33.9 Å². The van der Waals surface area contributed by atoms with Crippen LogP contribution in [-0.4, -0.2) is 66.9 Å². The lowest BCUT2D eigenvalue weighted by Crippen LogP contribution is -2.50. The molecule has 3 aromatic heterocycles. The van der Waals surface area contributed by atoms with Gasteiger partial charge in [-0.25, -0.2) is 9.97 Å². The van der Waals surface area contributed by atoms with Gasteiger partial charge in [0, 0.05) is 49.5 Å². The van der Waals surface area contributed by atoms with Gasteiger partial charge < -0.3 is 14.3 Å². The quantitative estimate of drug-likeness (QED) is 0.378. The Bertz CT molecular complexity index is 1520. The Labute approximate surface area is 207 Å². The van der Waals surface area contributed by atoms with Crippen LogP contribution in [0.4, 0.5) is 5.95 Å². The van der Waals surface area contributed by atoms with E-state index in [4.69, 9.17) is 9.62 Å². The molecule has 10 nitrogen and oxygen atoms in total. The molecule has 0 bridgehead atoms. The SMILES string of the molecule is Cc1cccc(-c2noc(-c3nn(CC(=O)N4CCN(c5ncccn5)CC4)c4ccccc34)n2)c1. The molecule has 0 N–H and O–H groups in total. The Balaban J connectivity index is 1.22. The van der Waals surface area contributed by atoms with Gasteiger partial charge in [0.15, 0.2) is 5.69 Å². The van der Waals surface area contributed by atoms with Crippen molar-refractivity contribution in [2.45, 2.75) is 13.5 Å². The average molecular weight is 481 g/mol. The number of amides is 1. The minimum atomic E-state index is 0.00871. The van der Waals surface area contributed by atoms with Crippen molar-refractivity contribution < 1.29 is 9.32 Å². The summed E-state index contributed by atoms with van der Waals surface area (Å²) in [4.78, 5) is 30.3. The number of aromatic nitrogens is 6. The lowest BCUT2D eigenvalue weighted by Gasteiger charge is -2.34. The number of carbonyl (C=O) groups excluding carboxylic acids is 1. The number of benzene rings is 2. The lowest BCUT2D eigenvalue weighted by atomic mass is 10.1. The van der Waals surface area contributed by atoms with E-state index in [-0.39, 0.29) is 12.5 Å². The maximum atomic E-state index is 13.2. The molecular formula is C26H24N8O2. The first-order valence-electron chi connectivity index (χ1n) is 11.8. The van der Waals surface area contributed by atoms with Gasteiger partial charge in [0.1, 0.15) is 6.54 Å². The average Bonchev–Trinajstić information content (AvgIpc) is 3.55. The van der Waals surface area contributed by atoms with Crippen LogP contribution < -0.4 is 4.90 Å². The summed E-state index contributed by atoms with van der Waals surface area (Å²) in [5.74, 6) is 1.53. The van der Waals surface area contributed by atoms with Gasteiger partial charge in [-0.3, -0.25) is 9.48 Å². The standard InChI is InChI=1S/C26H24N8O2/c1-18-6-4-7-19(16-18)24-29-25(36-31-24)23-20-8-2-3-9-21(20)34(30-23)17-22(35)32-12-14-33(15-13-32)26-27-10-5-11-28-26/h2-11,16H,12-15,17H2,1H3. The molecule has 0 unspecified atom stereocenters. The van der Waals surface area contributed by atoms with E-state index in [1.807, 2.05) is 60.4 Å². The van der Waals surface area contributed by atoms with Crippen LogP contribution in [0.3, 0.4) is 0 Å². The number of aryl methyl sites for hydroxylation is 1. The number of hydrogen-bond donors (Lipinski definition) is 0. The minimum Gasteiger partial charge on any atom is -0.338 e. The molecular weight excluding hydrogens is 456 g/mol. The number of para-hydroxylation sites is 1. The fourth-order valence-corrected chi connectivity index (χ4v) is 4.47. The topological polar surface area (TPSA) is 106 Å². The normalized spacial score (nSPS) is 13.9. The Hall–Kier alpha value is -4.60. The van der Waals surface area contributed by atoms with Crippen molar-refractivity contribution in [3.63, 3.8) is 0 Å². The number of fused-ring (bicyclic) bond motifs is 1. The van der Waals surface area contributed by atoms with Crippen LogP contribution in [0.5, 0.6) is 0 Å². The Morgan fingerprint density at radius 3 is 2.58 bits per heavy atom. The van der Waals surface area contributed by atoms with E-state index >= 15 is 0 Å². The Morgan fingerprint density at radius 1 is 0.972 bits per heavy atom. The monoisotopic (exact) mass is 480 g/mol. The molecule has 1 amide bonds. The van der Waals surface area contributed by atoms with Crippen molar-refractivity contribution in [2.75, 3.05) is 31.1 Å². The molecule has 4 heterocycles. The number of carbonyl (C=O) groups is 1. The number of piperazine rings is 1. The first-order valence-corrected chi connectivity index (χ1v) is 11.8. The first-order chi connectivity index (χ1) is 17.7. The highest BCUT2D eigenvalue weighted by Crippen LogP contribution is 2.29. The molecule has 1 aliphatic heterocycles. The molecule has 36 heavy (non-hydrogen) atoms. The third kappa shape index (κ3) is 4.17. The van der Waals surface area contributed by atoms with Crippen molar-refractivity contribution in [2.24, 2.45) is 0 Å². The Kier molecular flexibility index (Phi) is 5.61. The second-order valence-corrected chi connectivity index (χ2v) is 8.73. The second kappa shape index (κ2) is 9.21. The van der Waals surface area contributed by atoms with Crippen molar-refractivity contribution in [1.29, 1.82) is 0 Å². The highest BCUT2D eigenvalue weighted by atomic mass is 16.5. The summed E-state index contributed by atoms with van der Waals surface area (Å²) in [5.41, 5.74) is 3.40. The predicted molar refractivity (Wildman–Crippen MR) is 134 cm³/mol. The Morgan fingerprint density at radius 2 is 1.78 bits per heavy atom. The van der Waals surface area contributed by atoms with E-state index < -0.39 is 0 Å². The van der Waals surface area contributed by atoms with Crippen molar-refractivity contribution in [3.05, 3.63) is 72.6 Å². The molecule has 1 aliphatic rings. The molecule has 0 spiro atoms. The van der Waals surface area contributed by atoms with Gasteiger partial charge in [-0.15, -0.1) is 0 Å². The van der Waals surface area contributed by atoms with Gasteiger partial charge in [-0.1, -0.05) is 47.1 Å². The van der Waals surface area contributed by atoms with Crippen LogP contribution >= 0.6 is 0 Å². The fraction of sp³-hybridized carbons (Fsp3) is 0.231. The fourth-order valence-electron chi connectivity index (χ4n) is 4.47. The van der Waals surface area contributed by atoms with Crippen LogP contribution in [-0.2, 0) is 11.3 Å². The zero-order chi connectivity index (χ0) is 24.5. The summed E-state index contributed by atoms with van der Waals surface area (Å²) in [6, 6.07) is 17.5. The second-order valence-electron chi connectivity index (χ2n) is 8.73. The van der Waals surface area contributed by atoms with Gasteiger partial charge in [0.25, 0.3) is 5.89 Å². The van der Waals surface area contributed by atoms with Crippen LogP contribution in [0.15, 0.2) is 71.5 Å². The van der Waals surface area contributed by atoms with Gasteiger partial charge in [0.05, 0.1) is 5.52 Å². The van der Waals surface area contributed by atoms with Crippen LogP contribution in [0, 0.1) is 6.92 Å². The van der Waals surface area contributed by atoms with E-state index in [2.05, 4.69) is 25.0 Å². The van der Waals surface area contributed by atoms with E-state index in [0.717, 1.165) is 22.0 Å².